The predicted molar refractivity (Wildman–Crippen MR) is 122 cm³/mol. The smallest absolute Gasteiger partial charge is 0.264 e. The highest BCUT2D eigenvalue weighted by atomic mass is 35.5. The van der Waals surface area contributed by atoms with E-state index in [4.69, 9.17) is 16.3 Å². The van der Waals surface area contributed by atoms with Crippen LogP contribution in [0, 0.1) is 12.7 Å². The molecular weight excluding hydrogens is 435 g/mol. The lowest BCUT2D eigenvalue weighted by Crippen LogP contribution is -2.48. The molecule has 1 amide bonds. The number of thiophene rings is 1. The number of carbonyl (C=O) groups excluding carboxylic acids is 1. The van der Waals surface area contributed by atoms with E-state index in [9.17, 15) is 9.18 Å². The van der Waals surface area contributed by atoms with Crippen molar-refractivity contribution in [1.82, 2.24) is 9.80 Å². The van der Waals surface area contributed by atoms with Crippen molar-refractivity contribution in [1.29, 1.82) is 0 Å². The van der Waals surface area contributed by atoms with E-state index in [2.05, 4.69) is 4.90 Å². The van der Waals surface area contributed by atoms with Gasteiger partial charge in [-0.2, -0.15) is 0 Å². The first-order valence-corrected chi connectivity index (χ1v) is 11.5. The number of nitrogens with zero attached hydrogens (tertiary/aromatic N) is 2. The van der Waals surface area contributed by atoms with E-state index in [0.717, 1.165) is 40.4 Å². The molecule has 0 radical (unpaired) electrons. The second-order valence-electron chi connectivity index (χ2n) is 7.72. The first kappa shape index (κ1) is 21.8. The van der Waals surface area contributed by atoms with E-state index in [-0.39, 0.29) is 11.7 Å². The standard InChI is InChI=1S/C24H24ClFN2O2S/c1-17-11-21(5-6-22(17)25)30-15-19-13-23(31-16-19)24(29)28-9-7-27(8-10-28)14-18-3-2-4-20(26)12-18/h2-6,11-13,16H,7-10,14-15H2,1H3. The molecule has 0 atom stereocenters. The van der Waals surface area contributed by atoms with Crippen molar-refractivity contribution >= 4 is 28.8 Å². The van der Waals surface area contributed by atoms with Gasteiger partial charge in [0.15, 0.2) is 0 Å². The van der Waals surface area contributed by atoms with E-state index in [1.807, 2.05) is 47.5 Å². The van der Waals surface area contributed by atoms with Gasteiger partial charge < -0.3 is 9.64 Å². The van der Waals surface area contributed by atoms with Crippen LogP contribution in [0.2, 0.25) is 5.02 Å². The molecule has 162 valence electrons. The Labute approximate surface area is 190 Å². The number of rotatable bonds is 6. The number of piperazine rings is 1. The highest BCUT2D eigenvalue weighted by Crippen LogP contribution is 2.24. The molecule has 2 heterocycles. The van der Waals surface area contributed by atoms with Gasteiger partial charge in [0.1, 0.15) is 18.2 Å². The summed E-state index contributed by atoms with van der Waals surface area (Å²) in [5.41, 5.74) is 2.90. The van der Waals surface area contributed by atoms with Gasteiger partial charge in [-0.25, -0.2) is 4.39 Å². The third-order valence-electron chi connectivity index (χ3n) is 5.35. The number of hydrogen-bond acceptors (Lipinski definition) is 4. The molecule has 0 unspecified atom stereocenters. The number of carbonyl (C=O) groups is 1. The molecule has 31 heavy (non-hydrogen) atoms. The molecular formula is C24H24ClFN2O2S. The lowest BCUT2D eigenvalue weighted by atomic mass is 10.2. The second kappa shape index (κ2) is 9.81. The SMILES string of the molecule is Cc1cc(OCc2csc(C(=O)N3CCN(Cc4cccc(F)c4)CC3)c2)ccc1Cl. The van der Waals surface area contributed by atoms with Crippen molar-refractivity contribution in [2.45, 2.75) is 20.1 Å². The zero-order valence-corrected chi connectivity index (χ0v) is 18.9. The van der Waals surface area contributed by atoms with Crippen molar-refractivity contribution in [3.05, 3.63) is 86.3 Å². The largest absolute Gasteiger partial charge is 0.489 e. The molecule has 2 aromatic carbocycles. The quantitative estimate of drug-likeness (QED) is 0.496. The zero-order valence-electron chi connectivity index (χ0n) is 17.3. The molecule has 1 saturated heterocycles. The summed E-state index contributed by atoms with van der Waals surface area (Å²) >= 11 is 7.50. The van der Waals surface area contributed by atoms with Crippen molar-refractivity contribution in [2.24, 2.45) is 0 Å². The van der Waals surface area contributed by atoms with Gasteiger partial charge in [-0.15, -0.1) is 11.3 Å². The maximum Gasteiger partial charge on any atom is 0.264 e. The third kappa shape index (κ3) is 5.64. The Morgan fingerprint density at radius 1 is 1.10 bits per heavy atom. The van der Waals surface area contributed by atoms with Gasteiger partial charge in [0.2, 0.25) is 0 Å². The highest BCUT2D eigenvalue weighted by molar-refractivity contribution is 7.12. The minimum absolute atomic E-state index is 0.0593. The number of benzene rings is 2. The van der Waals surface area contributed by atoms with E-state index < -0.39 is 0 Å². The van der Waals surface area contributed by atoms with Crippen LogP contribution in [0.25, 0.3) is 0 Å². The number of halogens is 2. The van der Waals surface area contributed by atoms with Crippen molar-refractivity contribution < 1.29 is 13.9 Å². The zero-order chi connectivity index (χ0) is 21.8. The summed E-state index contributed by atoms with van der Waals surface area (Å²) < 4.78 is 19.2. The van der Waals surface area contributed by atoms with Crippen LogP contribution in [0.3, 0.4) is 0 Å². The fraction of sp³-hybridized carbons (Fsp3) is 0.292. The average Bonchev–Trinajstić information content (AvgIpc) is 3.24. The van der Waals surface area contributed by atoms with Gasteiger partial charge in [0, 0.05) is 43.3 Å². The van der Waals surface area contributed by atoms with Gasteiger partial charge in [-0.05, 0) is 59.8 Å². The molecule has 0 aliphatic carbocycles. The summed E-state index contributed by atoms with van der Waals surface area (Å²) in [6.45, 7) is 5.94. The van der Waals surface area contributed by atoms with Crippen LogP contribution in [-0.2, 0) is 13.2 Å². The molecule has 7 heteroatoms. The number of aryl methyl sites for hydroxylation is 1. The molecule has 1 aromatic heterocycles. The molecule has 3 aromatic rings. The number of ether oxygens (including phenoxy) is 1. The first-order chi connectivity index (χ1) is 15.0. The molecule has 0 N–H and O–H groups in total. The first-order valence-electron chi connectivity index (χ1n) is 10.2. The third-order valence-corrected chi connectivity index (χ3v) is 6.75. The minimum Gasteiger partial charge on any atom is -0.489 e. The molecule has 1 aliphatic rings. The minimum atomic E-state index is -0.213. The Hall–Kier alpha value is -2.41. The Morgan fingerprint density at radius 2 is 1.90 bits per heavy atom. The molecule has 1 aliphatic heterocycles. The van der Waals surface area contributed by atoms with E-state index >= 15 is 0 Å². The molecule has 0 spiro atoms. The van der Waals surface area contributed by atoms with Crippen molar-refractivity contribution in [3.63, 3.8) is 0 Å². The molecule has 4 nitrogen and oxygen atoms in total. The highest BCUT2D eigenvalue weighted by Gasteiger charge is 2.23. The maximum atomic E-state index is 13.4. The normalized spacial score (nSPS) is 14.6. The Kier molecular flexibility index (Phi) is 6.90. The molecule has 1 fully saturated rings. The summed E-state index contributed by atoms with van der Waals surface area (Å²) in [4.78, 5) is 17.8. The second-order valence-corrected chi connectivity index (χ2v) is 9.04. The lowest BCUT2D eigenvalue weighted by molar-refractivity contribution is 0.0633. The van der Waals surface area contributed by atoms with E-state index in [1.54, 1.807) is 12.1 Å². The summed E-state index contributed by atoms with van der Waals surface area (Å²) in [6, 6.07) is 14.2. The lowest BCUT2D eigenvalue weighted by Gasteiger charge is -2.34. The number of amides is 1. The predicted octanol–water partition coefficient (Wildman–Crippen LogP) is 5.39. The van der Waals surface area contributed by atoms with Crippen LogP contribution in [0.4, 0.5) is 4.39 Å². The van der Waals surface area contributed by atoms with Crippen molar-refractivity contribution in [3.8, 4) is 5.75 Å². The molecule has 0 bridgehead atoms. The van der Waals surface area contributed by atoms with Crippen molar-refractivity contribution in [2.75, 3.05) is 26.2 Å². The molecule has 0 saturated carbocycles. The molecule has 4 rings (SSSR count). The van der Waals surface area contributed by atoms with Crippen LogP contribution in [0.1, 0.15) is 26.4 Å². The van der Waals surface area contributed by atoms with Gasteiger partial charge in [0.25, 0.3) is 5.91 Å². The van der Waals surface area contributed by atoms with Gasteiger partial charge in [-0.1, -0.05) is 23.7 Å². The average molecular weight is 459 g/mol. The Balaban J connectivity index is 1.28. The van der Waals surface area contributed by atoms with Crippen LogP contribution in [-0.4, -0.2) is 41.9 Å². The monoisotopic (exact) mass is 458 g/mol. The van der Waals surface area contributed by atoms with E-state index in [1.165, 1.54) is 17.4 Å². The summed E-state index contributed by atoms with van der Waals surface area (Å²) in [7, 11) is 0. The van der Waals surface area contributed by atoms with Crippen LogP contribution in [0.5, 0.6) is 5.75 Å². The van der Waals surface area contributed by atoms with Crippen LogP contribution >= 0.6 is 22.9 Å². The fourth-order valence-electron chi connectivity index (χ4n) is 3.60. The maximum absolute atomic E-state index is 13.4. The van der Waals surface area contributed by atoms with Crippen LogP contribution in [0.15, 0.2) is 53.9 Å². The Bertz CT molecular complexity index is 1060. The fourth-order valence-corrected chi connectivity index (χ4v) is 4.58. The van der Waals surface area contributed by atoms with Gasteiger partial charge >= 0.3 is 0 Å². The van der Waals surface area contributed by atoms with Gasteiger partial charge in [-0.3, -0.25) is 9.69 Å². The summed E-state index contributed by atoms with van der Waals surface area (Å²) in [5, 5.41) is 2.68. The van der Waals surface area contributed by atoms with Crippen LogP contribution < -0.4 is 4.74 Å². The number of hydrogen-bond donors (Lipinski definition) is 0. The topological polar surface area (TPSA) is 32.8 Å². The Morgan fingerprint density at radius 3 is 2.65 bits per heavy atom. The summed E-state index contributed by atoms with van der Waals surface area (Å²) in [6.07, 6.45) is 0. The van der Waals surface area contributed by atoms with E-state index in [0.29, 0.717) is 31.3 Å². The van der Waals surface area contributed by atoms with Gasteiger partial charge in [0.05, 0.1) is 4.88 Å². The summed E-state index contributed by atoms with van der Waals surface area (Å²) in [5.74, 6) is 0.606.